The van der Waals surface area contributed by atoms with Crippen molar-refractivity contribution < 1.29 is 14.7 Å². The predicted octanol–water partition coefficient (Wildman–Crippen LogP) is 1.89. The van der Waals surface area contributed by atoms with Crippen molar-refractivity contribution in [3.63, 3.8) is 0 Å². The first-order chi connectivity index (χ1) is 8.09. The molecule has 1 saturated carbocycles. The van der Waals surface area contributed by atoms with Gasteiger partial charge >= 0.3 is 5.97 Å². The van der Waals surface area contributed by atoms with E-state index < -0.39 is 5.97 Å². The van der Waals surface area contributed by atoms with Crippen LogP contribution in [0.15, 0.2) is 0 Å². The summed E-state index contributed by atoms with van der Waals surface area (Å²) < 4.78 is 0. The van der Waals surface area contributed by atoms with Gasteiger partial charge in [0.15, 0.2) is 0 Å². The second-order valence-electron chi connectivity index (χ2n) is 4.63. The molecule has 5 heteroatoms. The molecule has 1 aliphatic carbocycles. The number of hydrogen-bond acceptors (Lipinski definition) is 3. The van der Waals surface area contributed by atoms with Crippen molar-refractivity contribution in [2.45, 2.75) is 45.1 Å². The van der Waals surface area contributed by atoms with Gasteiger partial charge in [-0.25, -0.2) is 0 Å². The normalized spacial score (nSPS) is 24.3. The molecular weight excluding hydrogens is 238 g/mol. The summed E-state index contributed by atoms with van der Waals surface area (Å²) in [5.41, 5.74) is 0. The van der Waals surface area contributed by atoms with Gasteiger partial charge in [0, 0.05) is 11.8 Å². The summed E-state index contributed by atoms with van der Waals surface area (Å²) in [6.45, 7) is 2.18. The van der Waals surface area contributed by atoms with Crippen LogP contribution in [-0.4, -0.2) is 34.5 Å². The molecule has 0 spiro atoms. The Bertz CT molecular complexity index is 270. The fourth-order valence-corrected chi connectivity index (χ4v) is 2.84. The minimum Gasteiger partial charge on any atom is -0.481 e. The maximum absolute atomic E-state index is 11.6. The first kappa shape index (κ1) is 14.4. The van der Waals surface area contributed by atoms with Gasteiger partial charge in [0.2, 0.25) is 5.91 Å². The zero-order valence-corrected chi connectivity index (χ0v) is 11.1. The van der Waals surface area contributed by atoms with Crippen LogP contribution in [0.1, 0.15) is 39.0 Å². The van der Waals surface area contributed by atoms with Crippen LogP contribution in [0.2, 0.25) is 0 Å². The first-order valence-electron chi connectivity index (χ1n) is 6.18. The number of amides is 1. The van der Waals surface area contributed by atoms with Gasteiger partial charge < -0.3 is 10.4 Å². The van der Waals surface area contributed by atoms with Gasteiger partial charge in [-0.1, -0.05) is 19.8 Å². The van der Waals surface area contributed by atoms with Crippen LogP contribution in [0.3, 0.4) is 0 Å². The van der Waals surface area contributed by atoms with E-state index in [2.05, 4.69) is 12.2 Å². The lowest BCUT2D eigenvalue weighted by Crippen LogP contribution is -2.41. The molecule has 0 heterocycles. The topological polar surface area (TPSA) is 66.4 Å². The summed E-state index contributed by atoms with van der Waals surface area (Å²) in [5.74, 6) is 0.675. The number of nitrogens with one attached hydrogen (secondary N) is 1. The Kier molecular flexibility index (Phi) is 6.40. The summed E-state index contributed by atoms with van der Waals surface area (Å²) in [5, 5.41) is 11.5. The van der Waals surface area contributed by atoms with E-state index in [1.54, 1.807) is 0 Å². The largest absolute Gasteiger partial charge is 0.481 e. The van der Waals surface area contributed by atoms with Crippen molar-refractivity contribution in [1.82, 2.24) is 5.32 Å². The molecule has 1 fully saturated rings. The zero-order chi connectivity index (χ0) is 12.7. The Balaban J connectivity index is 2.13. The second-order valence-corrected chi connectivity index (χ2v) is 5.74. The number of carbonyl (C=O) groups excluding carboxylic acids is 1. The SMILES string of the molecule is CC1CCCCC1NC(=O)CSCCC(=O)O. The molecular formula is C12H21NO3S. The number of carboxylic acids is 1. The molecule has 1 aliphatic rings. The molecule has 0 aliphatic heterocycles. The lowest BCUT2D eigenvalue weighted by Gasteiger charge is -2.29. The Morgan fingerprint density at radius 3 is 2.71 bits per heavy atom. The molecule has 98 valence electrons. The smallest absolute Gasteiger partial charge is 0.304 e. The third kappa shape index (κ3) is 5.96. The van der Waals surface area contributed by atoms with E-state index >= 15 is 0 Å². The summed E-state index contributed by atoms with van der Waals surface area (Å²) in [7, 11) is 0. The van der Waals surface area contributed by atoms with Gasteiger partial charge in [0.1, 0.15) is 0 Å². The van der Waals surface area contributed by atoms with Crippen LogP contribution in [0.25, 0.3) is 0 Å². The predicted molar refractivity (Wildman–Crippen MR) is 69.1 cm³/mol. The molecule has 4 nitrogen and oxygen atoms in total. The number of aliphatic carboxylic acids is 1. The van der Waals surface area contributed by atoms with Gasteiger partial charge in [-0.3, -0.25) is 9.59 Å². The summed E-state index contributed by atoms with van der Waals surface area (Å²) >= 11 is 1.39. The highest BCUT2D eigenvalue weighted by Crippen LogP contribution is 2.23. The molecule has 1 amide bonds. The van der Waals surface area contributed by atoms with Crippen molar-refractivity contribution in [1.29, 1.82) is 0 Å². The second kappa shape index (κ2) is 7.58. The third-order valence-corrected chi connectivity index (χ3v) is 4.11. The molecule has 0 radical (unpaired) electrons. The number of carbonyl (C=O) groups is 2. The van der Waals surface area contributed by atoms with Gasteiger partial charge in [0.05, 0.1) is 12.2 Å². The number of hydrogen-bond donors (Lipinski definition) is 2. The van der Waals surface area contributed by atoms with Crippen molar-refractivity contribution in [2.75, 3.05) is 11.5 Å². The van der Waals surface area contributed by atoms with E-state index in [1.807, 2.05) is 0 Å². The molecule has 0 saturated heterocycles. The van der Waals surface area contributed by atoms with E-state index in [9.17, 15) is 9.59 Å². The van der Waals surface area contributed by atoms with E-state index in [0.717, 1.165) is 6.42 Å². The van der Waals surface area contributed by atoms with Crippen molar-refractivity contribution >= 4 is 23.6 Å². The van der Waals surface area contributed by atoms with Gasteiger partial charge in [-0.15, -0.1) is 0 Å². The van der Waals surface area contributed by atoms with Crippen molar-refractivity contribution in [2.24, 2.45) is 5.92 Å². The Hall–Kier alpha value is -0.710. The van der Waals surface area contributed by atoms with Crippen LogP contribution in [0.4, 0.5) is 0 Å². The van der Waals surface area contributed by atoms with E-state index in [-0.39, 0.29) is 12.3 Å². The molecule has 2 unspecified atom stereocenters. The lowest BCUT2D eigenvalue weighted by molar-refractivity contribution is -0.136. The van der Waals surface area contributed by atoms with E-state index in [1.165, 1.54) is 31.0 Å². The van der Waals surface area contributed by atoms with Gasteiger partial charge in [-0.05, 0) is 18.8 Å². The van der Waals surface area contributed by atoms with Crippen LogP contribution in [-0.2, 0) is 9.59 Å². The highest BCUT2D eigenvalue weighted by atomic mass is 32.2. The monoisotopic (exact) mass is 259 g/mol. The number of carboxylic acid groups (broad SMARTS) is 1. The van der Waals surface area contributed by atoms with Gasteiger partial charge in [-0.2, -0.15) is 11.8 Å². The van der Waals surface area contributed by atoms with E-state index in [4.69, 9.17) is 5.11 Å². The Labute approximate surface area is 107 Å². The average Bonchev–Trinajstić information content (AvgIpc) is 2.27. The highest BCUT2D eigenvalue weighted by Gasteiger charge is 2.22. The van der Waals surface area contributed by atoms with E-state index in [0.29, 0.717) is 23.5 Å². The fraction of sp³-hybridized carbons (Fsp3) is 0.833. The minimum absolute atomic E-state index is 0.0409. The average molecular weight is 259 g/mol. The maximum Gasteiger partial charge on any atom is 0.304 e. The standard InChI is InChI=1S/C12H21NO3S/c1-9-4-2-3-5-10(9)13-11(14)8-17-7-6-12(15)16/h9-10H,2-8H2,1H3,(H,13,14)(H,15,16). The van der Waals surface area contributed by atoms with Crippen molar-refractivity contribution in [3.8, 4) is 0 Å². The third-order valence-electron chi connectivity index (χ3n) is 3.15. The van der Waals surface area contributed by atoms with Crippen LogP contribution >= 0.6 is 11.8 Å². The molecule has 2 N–H and O–H groups in total. The van der Waals surface area contributed by atoms with Crippen LogP contribution in [0.5, 0.6) is 0 Å². The number of thioether (sulfide) groups is 1. The minimum atomic E-state index is -0.807. The summed E-state index contributed by atoms with van der Waals surface area (Å²) in [6, 6.07) is 0.316. The van der Waals surface area contributed by atoms with Crippen LogP contribution < -0.4 is 5.32 Å². The molecule has 0 aromatic rings. The molecule has 17 heavy (non-hydrogen) atoms. The van der Waals surface area contributed by atoms with Crippen molar-refractivity contribution in [3.05, 3.63) is 0 Å². The van der Waals surface area contributed by atoms with Gasteiger partial charge in [0.25, 0.3) is 0 Å². The molecule has 0 aromatic heterocycles. The Morgan fingerprint density at radius 2 is 2.06 bits per heavy atom. The molecule has 0 aromatic carbocycles. The Morgan fingerprint density at radius 1 is 1.35 bits per heavy atom. The maximum atomic E-state index is 11.6. The van der Waals surface area contributed by atoms with Crippen LogP contribution in [0, 0.1) is 5.92 Å². The lowest BCUT2D eigenvalue weighted by atomic mass is 9.86. The summed E-state index contributed by atoms with van der Waals surface area (Å²) in [4.78, 5) is 21.9. The molecule has 1 rings (SSSR count). The zero-order valence-electron chi connectivity index (χ0n) is 10.3. The number of rotatable bonds is 6. The fourth-order valence-electron chi connectivity index (χ4n) is 2.10. The quantitative estimate of drug-likeness (QED) is 0.715. The highest BCUT2D eigenvalue weighted by molar-refractivity contribution is 7.99. The first-order valence-corrected chi connectivity index (χ1v) is 7.34. The summed E-state index contributed by atoms with van der Waals surface area (Å²) in [6.07, 6.45) is 4.85. The molecule has 2 atom stereocenters. The molecule has 0 bridgehead atoms.